The van der Waals surface area contributed by atoms with Gasteiger partial charge in [-0.25, -0.2) is 9.18 Å². The SMILES string of the molecule is CNC(=O)OCCOc1cnccc1CNC1=C(C(=S)Nc2ccc(F)c(Cl)c2OC)C(=O)NCC1. The van der Waals surface area contributed by atoms with Gasteiger partial charge in [0.2, 0.25) is 0 Å². The normalized spacial score (nSPS) is 12.9. The van der Waals surface area contributed by atoms with Crippen molar-refractivity contribution in [3.8, 4) is 11.5 Å². The molecule has 13 heteroatoms. The molecular weight excluding hydrogens is 513 g/mol. The number of amides is 2. The predicted molar refractivity (Wildman–Crippen MR) is 136 cm³/mol. The van der Waals surface area contributed by atoms with Crippen molar-refractivity contribution in [3.63, 3.8) is 0 Å². The Bertz CT molecular complexity index is 1180. The van der Waals surface area contributed by atoms with E-state index in [1.54, 1.807) is 18.5 Å². The van der Waals surface area contributed by atoms with Crippen LogP contribution in [0, 0.1) is 5.82 Å². The number of hydrogen-bond donors (Lipinski definition) is 4. The number of nitrogens with zero attached hydrogens (tertiary/aromatic N) is 1. The third-order valence-corrected chi connectivity index (χ3v) is 5.72. The van der Waals surface area contributed by atoms with E-state index in [2.05, 4.69) is 26.3 Å². The Labute approximate surface area is 217 Å². The Morgan fingerprint density at radius 3 is 2.86 bits per heavy atom. The molecule has 0 saturated carbocycles. The monoisotopic (exact) mass is 537 g/mol. The molecule has 0 radical (unpaired) electrons. The number of pyridine rings is 1. The maximum atomic E-state index is 13.8. The molecule has 1 aliphatic heterocycles. The summed E-state index contributed by atoms with van der Waals surface area (Å²) in [7, 11) is 2.82. The highest BCUT2D eigenvalue weighted by molar-refractivity contribution is 7.81. The zero-order chi connectivity index (χ0) is 26.1. The zero-order valence-corrected chi connectivity index (χ0v) is 21.1. The van der Waals surface area contributed by atoms with Gasteiger partial charge in [0, 0.05) is 44.0 Å². The van der Waals surface area contributed by atoms with Crippen LogP contribution in [0.15, 0.2) is 41.9 Å². The summed E-state index contributed by atoms with van der Waals surface area (Å²) >= 11 is 11.5. The lowest BCUT2D eigenvalue weighted by atomic mass is 10.1. The Morgan fingerprint density at radius 1 is 1.31 bits per heavy atom. The van der Waals surface area contributed by atoms with E-state index in [9.17, 15) is 14.0 Å². The quantitative estimate of drug-likeness (QED) is 0.267. The summed E-state index contributed by atoms with van der Waals surface area (Å²) in [5.41, 5.74) is 1.96. The molecule has 1 aromatic heterocycles. The standard InChI is InChI=1S/C23H25ClFN5O5S/c1-26-23(32)35-10-9-34-17-12-27-7-5-13(17)11-29-15-6-8-28-21(31)18(15)22(36)30-16-4-3-14(25)19(24)20(16)33-2/h3-5,7,12,29H,6,8-11H2,1-2H3,(H,26,32)(H,28,31)(H,30,36). The Hall–Kier alpha value is -3.64. The molecule has 36 heavy (non-hydrogen) atoms. The van der Waals surface area contributed by atoms with Crippen molar-refractivity contribution in [2.75, 3.05) is 39.2 Å². The second-order valence-electron chi connectivity index (χ2n) is 7.33. The van der Waals surface area contributed by atoms with Gasteiger partial charge in [0.05, 0.1) is 24.6 Å². The molecule has 0 unspecified atom stereocenters. The number of alkyl carbamates (subject to hydrolysis) is 1. The van der Waals surface area contributed by atoms with E-state index < -0.39 is 11.9 Å². The summed E-state index contributed by atoms with van der Waals surface area (Å²) in [4.78, 5) is 28.1. The fourth-order valence-corrected chi connectivity index (χ4v) is 3.90. The Morgan fingerprint density at radius 2 is 2.11 bits per heavy atom. The van der Waals surface area contributed by atoms with Crippen molar-refractivity contribution >= 4 is 46.5 Å². The molecule has 10 nitrogen and oxygen atoms in total. The average Bonchev–Trinajstić information content (AvgIpc) is 2.88. The first-order chi connectivity index (χ1) is 17.3. The maximum Gasteiger partial charge on any atom is 0.406 e. The van der Waals surface area contributed by atoms with Crippen molar-refractivity contribution < 1.29 is 28.2 Å². The number of carbonyl (C=O) groups excluding carboxylic acids is 2. The van der Waals surface area contributed by atoms with E-state index in [0.29, 0.717) is 36.6 Å². The molecule has 0 bridgehead atoms. The largest absolute Gasteiger partial charge is 0.493 e. The van der Waals surface area contributed by atoms with Gasteiger partial charge in [-0.05, 0) is 18.2 Å². The second-order valence-corrected chi connectivity index (χ2v) is 8.11. The van der Waals surface area contributed by atoms with Crippen LogP contribution in [0.1, 0.15) is 12.0 Å². The highest BCUT2D eigenvalue weighted by Crippen LogP contribution is 2.35. The number of aromatic nitrogens is 1. The fourth-order valence-electron chi connectivity index (χ4n) is 3.33. The van der Waals surface area contributed by atoms with Gasteiger partial charge in [-0.2, -0.15) is 0 Å². The summed E-state index contributed by atoms with van der Waals surface area (Å²) in [6.45, 7) is 0.941. The number of ether oxygens (including phenoxy) is 3. The van der Waals surface area contributed by atoms with E-state index in [-0.39, 0.29) is 40.5 Å². The Balaban J connectivity index is 1.74. The number of anilines is 1. The highest BCUT2D eigenvalue weighted by atomic mass is 35.5. The van der Waals surface area contributed by atoms with Crippen LogP contribution in [-0.2, 0) is 16.1 Å². The third-order valence-electron chi connectivity index (χ3n) is 5.06. The predicted octanol–water partition coefficient (Wildman–Crippen LogP) is 2.92. The molecule has 4 N–H and O–H groups in total. The van der Waals surface area contributed by atoms with Gasteiger partial charge < -0.3 is 35.5 Å². The van der Waals surface area contributed by atoms with Crippen LogP contribution in [0.5, 0.6) is 11.5 Å². The summed E-state index contributed by atoms with van der Waals surface area (Å²) in [5.74, 6) is -0.424. The van der Waals surface area contributed by atoms with Crippen LogP contribution in [0.2, 0.25) is 5.02 Å². The van der Waals surface area contributed by atoms with Crippen molar-refractivity contribution in [2.45, 2.75) is 13.0 Å². The van der Waals surface area contributed by atoms with E-state index in [1.807, 2.05) is 0 Å². The molecule has 1 aliphatic rings. The van der Waals surface area contributed by atoms with Crippen molar-refractivity contribution in [3.05, 3.63) is 58.3 Å². The van der Waals surface area contributed by atoms with Gasteiger partial charge in [0.25, 0.3) is 5.91 Å². The average molecular weight is 538 g/mol. The lowest BCUT2D eigenvalue weighted by Gasteiger charge is -2.24. The van der Waals surface area contributed by atoms with Gasteiger partial charge in [-0.15, -0.1) is 0 Å². The van der Waals surface area contributed by atoms with Crippen molar-refractivity contribution in [1.29, 1.82) is 0 Å². The summed E-state index contributed by atoms with van der Waals surface area (Å²) in [6.07, 6.45) is 3.12. The number of rotatable bonds is 10. The Kier molecular flexibility index (Phi) is 9.65. The first-order valence-corrected chi connectivity index (χ1v) is 11.6. The summed E-state index contributed by atoms with van der Waals surface area (Å²) in [6, 6.07) is 4.37. The van der Waals surface area contributed by atoms with Gasteiger partial charge in [0.15, 0.2) is 5.75 Å². The van der Waals surface area contributed by atoms with Crippen molar-refractivity contribution in [2.24, 2.45) is 0 Å². The summed E-state index contributed by atoms with van der Waals surface area (Å²) in [5, 5.41) is 11.1. The molecule has 192 valence electrons. The number of hydrogen-bond acceptors (Lipinski definition) is 8. The highest BCUT2D eigenvalue weighted by Gasteiger charge is 2.25. The topological polar surface area (TPSA) is 123 Å². The molecule has 0 atom stereocenters. The fraction of sp³-hybridized carbons (Fsp3) is 0.304. The van der Waals surface area contributed by atoms with Crippen LogP contribution in [0.4, 0.5) is 14.9 Å². The lowest BCUT2D eigenvalue weighted by Crippen LogP contribution is -2.39. The van der Waals surface area contributed by atoms with Gasteiger partial charge >= 0.3 is 6.09 Å². The van der Waals surface area contributed by atoms with Crippen LogP contribution >= 0.6 is 23.8 Å². The molecular formula is C23H25ClFN5O5S. The van der Waals surface area contributed by atoms with Crippen LogP contribution in [0.3, 0.4) is 0 Å². The number of thiocarbonyl (C=S) groups is 1. The number of methoxy groups -OCH3 is 1. The second kappa shape index (κ2) is 12.9. The number of carbonyl (C=O) groups is 2. The molecule has 0 aliphatic carbocycles. The van der Waals surface area contributed by atoms with Crippen LogP contribution in [0.25, 0.3) is 0 Å². The van der Waals surface area contributed by atoms with Crippen LogP contribution < -0.4 is 30.7 Å². The molecule has 0 fully saturated rings. The summed E-state index contributed by atoms with van der Waals surface area (Å²) < 4.78 is 29.6. The van der Waals surface area contributed by atoms with E-state index in [1.165, 1.54) is 26.3 Å². The minimum Gasteiger partial charge on any atom is -0.493 e. The third kappa shape index (κ3) is 6.73. The molecule has 1 aromatic carbocycles. The van der Waals surface area contributed by atoms with Gasteiger partial charge in [-0.3, -0.25) is 9.78 Å². The lowest BCUT2D eigenvalue weighted by molar-refractivity contribution is -0.117. The number of halogens is 2. The number of benzene rings is 1. The zero-order valence-electron chi connectivity index (χ0n) is 19.6. The smallest absolute Gasteiger partial charge is 0.406 e. The van der Waals surface area contributed by atoms with Crippen LogP contribution in [-0.4, -0.2) is 55.9 Å². The van der Waals surface area contributed by atoms with E-state index in [0.717, 1.165) is 5.56 Å². The van der Waals surface area contributed by atoms with Gasteiger partial charge in [0.1, 0.15) is 34.8 Å². The van der Waals surface area contributed by atoms with Crippen molar-refractivity contribution in [1.82, 2.24) is 20.9 Å². The molecule has 2 heterocycles. The molecule has 0 spiro atoms. The van der Waals surface area contributed by atoms with E-state index >= 15 is 0 Å². The molecule has 2 amide bonds. The maximum absolute atomic E-state index is 13.8. The first kappa shape index (κ1) is 27.0. The van der Waals surface area contributed by atoms with Gasteiger partial charge in [-0.1, -0.05) is 23.8 Å². The minimum absolute atomic E-state index is 0.0632. The minimum atomic E-state index is -0.641. The molecule has 2 aromatic rings. The molecule has 3 rings (SSSR count). The number of nitrogens with one attached hydrogen (secondary N) is 4. The molecule has 0 saturated heterocycles. The van der Waals surface area contributed by atoms with E-state index in [4.69, 9.17) is 38.0 Å². The first-order valence-electron chi connectivity index (χ1n) is 10.8.